The van der Waals surface area contributed by atoms with Crippen LogP contribution in [0.5, 0.6) is 0 Å². The topological polar surface area (TPSA) is 69.0 Å². The molecule has 0 spiro atoms. The maximum Gasteiger partial charge on any atom is 0.216 e. The Balaban J connectivity index is 1.95. The zero-order valence-electron chi connectivity index (χ0n) is 12.0. The van der Waals surface area contributed by atoms with E-state index in [0.717, 1.165) is 44.0 Å². The van der Waals surface area contributed by atoms with E-state index in [0.29, 0.717) is 11.5 Å². The highest BCUT2D eigenvalue weighted by molar-refractivity contribution is 5.72. The smallest absolute Gasteiger partial charge is 0.216 e. The molecule has 0 aromatic carbocycles. The monoisotopic (exact) mass is 272 g/mol. The lowest BCUT2D eigenvalue weighted by Gasteiger charge is -2.33. The number of hydrogen-bond acceptors (Lipinski definition) is 4. The van der Waals surface area contributed by atoms with E-state index in [-0.39, 0.29) is 5.91 Å². The molecule has 2 heterocycles. The van der Waals surface area contributed by atoms with Crippen LogP contribution in [0, 0.1) is 24.2 Å². The fraction of sp³-hybridized carbons (Fsp3) is 0.533. The molecule has 1 saturated heterocycles. The van der Waals surface area contributed by atoms with Crippen molar-refractivity contribution < 1.29 is 4.79 Å². The second-order valence-electron chi connectivity index (χ2n) is 5.33. The van der Waals surface area contributed by atoms with E-state index in [2.05, 4.69) is 21.3 Å². The maximum atomic E-state index is 10.9. The molecule has 1 aliphatic rings. The van der Waals surface area contributed by atoms with E-state index in [1.165, 1.54) is 0 Å². The lowest BCUT2D eigenvalue weighted by Crippen LogP contribution is -2.38. The number of nitrogens with one attached hydrogen (secondary N) is 1. The number of hydrogen-bond donors (Lipinski definition) is 1. The quantitative estimate of drug-likeness (QED) is 0.907. The molecule has 5 heteroatoms. The number of aromatic nitrogens is 1. The van der Waals surface area contributed by atoms with Crippen molar-refractivity contribution in [2.45, 2.75) is 26.7 Å². The number of amides is 1. The summed E-state index contributed by atoms with van der Waals surface area (Å²) in [6.07, 6.45) is 2.08. The number of piperidine rings is 1. The van der Waals surface area contributed by atoms with E-state index in [4.69, 9.17) is 5.26 Å². The molecule has 2 rings (SSSR count). The van der Waals surface area contributed by atoms with Crippen LogP contribution in [-0.4, -0.2) is 30.5 Å². The van der Waals surface area contributed by atoms with E-state index >= 15 is 0 Å². The molecule has 5 nitrogen and oxygen atoms in total. The van der Waals surface area contributed by atoms with Crippen LogP contribution in [0.25, 0.3) is 0 Å². The van der Waals surface area contributed by atoms with Gasteiger partial charge in [0.15, 0.2) is 0 Å². The third kappa shape index (κ3) is 3.70. The summed E-state index contributed by atoms with van der Waals surface area (Å²) in [5.74, 6) is 1.46. The number of rotatable bonds is 3. The first-order valence-corrected chi connectivity index (χ1v) is 6.96. The van der Waals surface area contributed by atoms with Gasteiger partial charge in [0.25, 0.3) is 0 Å². The summed E-state index contributed by atoms with van der Waals surface area (Å²) in [4.78, 5) is 17.6. The van der Waals surface area contributed by atoms with E-state index in [1.54, 1.807) is 13.0 Å². The molecule has 1 aromatic heterocycles. The predicted molar refractivity (Wildman–Crippen MR) is 77.3 cm³/mol. The average molecular weight is 272 g/mol. The maximum absolute atomic E-state index is 10.9. The van der Waals surface area contributed by atoms with Crippen molar-refractivity contribution in [3.63, 3.8) is 0 Å². The molecule has 1 amide bonds. The minimum Gasteiger partial charge on any atom is -0.357 e. The second-order valence-corrected chi connectivity index (χ2v) is 5.33. The second kappa shape index (κ2) is 6.38. The van der Waals surface area contributed by atoms with Gasteiger partial charge in [-0.1, -0.05) is 0 Å². The summed E-state index contributed by atoms with van der Waals surface area (Å²) >= 11 is 0. The Kier molecular flexibility index (Phi) is 4.57. The summed E-state index contributed by atoms with van der Waals surface area (Å²) < 4.78 is 0. The van der Waals surface area contributed by atoms with Crippen LogP contribution in [0.2, 0.25) is 0 Å². The number of nitrogens with zero attached hydrogens (tertiary/aromatic N) is 3. The van der Waals surface area contributed by atoms with Crippen molar-refractivity contribution in [3.05, 3.63) is 23.4 Å². The van der Waals surface area contributed by atoms with Crippen molar-refractivity contribution in [3.8, 4) is 6.07 Å². The van der Waals surface area contributed by atoms with Gasteiger partial charge < -0.3 is 10.2 Å². The van der Waals surface area contributed by atoms with Crippen LogP contribution in [0.3, 0.4) is 0 Å². The molecule has 1 aliphatic heterocycles. The van der Waals surface area contributed by atoms with Crippen LogP contribution in [0.1, 0.15) is 31.0 Å². The highest BCUT2D eigenvalue weighted by Gasteiger charge is 2.20. The van der Waals surface area contributed by atoms with Gasteiger partial charge in [-0.15, -0.1) is 0 Å². The van der Waals surface area contributed by atoms with E-state index < -0.39 is 0 Å². The SMILES string of the molecule is CC(=O)NCC1CCN(c2cc(C#N)cc(C)n2)CC1. The van der Waals surface area contributed by atoms with Gasteiger partial charge in [0, 0.05) is 32.3 Å². The molecular formula is C15H20N4O. The number of pyridine rings is 1. The number of carbonyl (C=O) groups is 1. The number of carbonyl (C=O) groups excluding carboxylic acids is 1. The summed E-state index contributed by atoms with van der Waals surface area (Å²) in [7, 11) is 0. The zero-order valence-corrected chi connectivity index (χ0v) is 12.0. The van der Waals surface area contributed by atoms with Crippen LogP contribution >= 0.6 is 0 Å². The van der Waals surface area contributed by atoms with Crippen molar-refractivity contribution in [1.29, 1.82) is 5.26 Å². The molecule has 20 heavy (non-hydrogen) atoms. The molecule has 1 N–H and O–H groups in total. The van der Waals surface area contributed by atoms with Gasteiger partial charge in [-0.3, -0.25) is 4.79 Å². The van der Waals surface area contributed by atoms with Gasteiger partial charge in [0.1, 0.15) is 5.82 Å². The van der Waals surface area contributed by atoms with Crippen LogP contribution < -0.4 is 10.2 Å². The van der Waals surface area contributed by atoms with Crippen LogP contribution in [0.15, 0.2) is 12.1 Å². The minimum atomic E-state index is 0.0337. The normalized spacial score (nSPS) is 15.8. The molecule has 0 radical (unpaired) electrons. The van der Waals surface area contributed by atoms with Gasteiger partial charge >= 0.3 is 0 Å². The predicted octanol–water partition coefficient (Wildman–Crippen LogP) is 1.61. The minimum absolute atomic E-state index is 0.0337. The number of nitriles is 1. The van der Waals surface area contributed by atoms with Crippen molar-refractivity contribution in [2.75, 3.05) is 24.5 Å². The first-order valence-electron chi connectivity index (χ1n) is 6.96. The largest absolute Gasteiger partial charge is 0.357 e. The average Bonchev–Trinajstić information content (AvgIpc) is 2.45. The lowest BCUT2D eigenvalue weighted by molar-refractivity contribution is -0.119. The van der Waals surface area contributed by atoms with Crippen molar-refractivity contribution in [2.24, 2.45) is 5.92 Å². The van der Waals surface area contributed by atoms with Crippen LogP contribution in [0.4, 0.5) is 5.82 Å². The zero-order chi connectivity index (χ0) is 14.5. The van der Waals surface area contributed by atoms with E-state index in [1.807, 2.05) is 13.0 Å². The number of anilines is 1. The van der Waals surface area contributed by atoms with E-state index in [9.17, 15) is 4.79 Å². The van der Waals surface area contributed by atoms with Crippen LogP contribution in [-0.2, 0) is 4.79 Å². The fourth-order valence-corrected chi connectivity index (χ4v) is 2.53. The van der Waals surface area contributed by atoms with Gasteiger partial charge in [-0.2, -0.15) is 5.26 Å². The summed E-state index contributed by atoms with van der Waals surface area (Å²) in [5, 5.41) is 11.9. The third-order valence-electron chi connectivity index (χ3n) is 3.65. The first-order chi connectivity index (χ1) is 9.58. The van der Waals surface area contributed by atoms with Crippen molar-refractivity contribution >= 4 is 11.7 Å². The van der Waals surface area contributed by atoms with Gasteiger partial charge in [-0.25, -0.2) is 4.98 Å². The van der Waals surface area contributed by atoms with Gasteiger partial charge in [0.2, 0.25) is 5.91 Å². The Bertz CT molecular complexity index is 527. The molecule has 0 unspecified atom stereocenters. The first kappa shape index (κ1) is 14.3. The highest BCUT2D eigenvalue weighted by atomic mass is 16.1. The number of aryl methyl sites for hydroxylation is 1. The van der Waals surface area contributed by atoms with Crippen molar-refractivity contribution in [1.82, 2.24) is 10.3 Å². The molecule has 0 bridgehead atoms. The molecule has 0 aliphatic carbocycles. The summed E-state index contributed by atoms with van der Waals surface area (Å²) in [6, 6.07) is 5.82. The van der Waals surface area contributed by atoms with Gasteiger partial charge in [-0.05, 0) is 37.8 Å². The Morgan fingerprint density at radius 3 is 2.80 bits per heavy atom. The lowest BCUT2D eigenvalue weighted by atomic mass is 9.96. The highest BCUT2D eigenvalue weighted by Crippen LogP contribution is 2.22. The summed E-state index contributed by atoms with van der Waals surface area (Å²) in [5.41, 5.74) is 1.53. The molecular weight excluding hydrogens is 252 g/mol. The molecule has 1 fully saturated rings. The molecule has 0 saturated carbocycles. The Hall–Kier alpha value is -2.09. The molecule has 106 valence electrons. The Morgan fingerprint density at radius 1 is 1.50 bits per heavy atom. The molecule has 0 atom stereocenters. The summed E-state index contributed by atoms with van der Waals surface area (Å²) in [6.45, 7) is 6.06. The van der Waals surface area contributed by atoms with Gasteiger partial charge in [0.05, 0.1) is 11.6 Å². The Labute approximate surface area is 119 Å². The standard InChI is InChI=1S/C15H20N4O/c1-11-7-14(9-16)8-15(18-11)19-5-3-13(4-6-19)10-17-12(2)20/h7-8,13H,3-6,10H2,1-2H3,(H,17,20). The Morgan fingerprint density at radius 2 is 2.20 bits per heavy atom. The molecule has 1 aromatic rings. The fourth-order valence-electron chi connectivity index (χ4n) is 2.53. The third-order valence-corrected chi connectivity index (χ3v) is 3.65.